The molecular formula is C20H20N2O3S. The fraction of sp³-hybridized carbons (Fsp3) is 0.200. The molecule has 0 bridgehead atoms. The van der Waals surface area contributed by atoms with E-state index in [1.54, 1.807) is 41.4 Å². The Hall–Kier alpha value is -2.73. The van der Waals surface area contributed by atoms with Crippen LogP contribution in [-0.4, -0.2) is 24.2 Å². The van der Waals surface area contributed by atoms with Gasteiger partial charge in [0, 0.05) is 28.1 Å². The Kier molecular flexibility index (Phi) is 5.63. The van der Waals surface area contributed by atoms with Crippen LogP contribution >= 0.6 is 11.8 Å². The van der Waals surface area contributed by atoms with E-state index in [-0.39, 0.29) is 11.8 Å². The molecule has 0 radical (unpaired) electrons. The molecule has 3 rings (SSSR count). The molecular weight excluding hydrogens is 348 g/mol. The first-order valence-electron chi connectivity index (χ1n) is 8.27. The summed E-state index contributed by atoms with van der Waals surface area (Å²) >= 11 is 1.55. The minimum absolute atomic E-state index is 0.190. The van der Waals surface area contributed by atoms with Crippen molar-refractivity contribution in [1.29, 1.82) is 0 Å². The van der Waals surface area contributed by atoms with Crippen molar-refractivity contribution in [2.45, 2.75) is 13.8 Å². The summed E-state index contributed by atoms with van der Waals surface area (Å²) < 4.78 is 5.32. The number of hydrogen-bond acceptors (Lipinski definition) is 4. The number of benzene rings is 2. The van der Waals surface area contributed by atoms with E-state index in [1.165, 1.54) is 0 Å². The lowest BCUT2D eigenvalue weighted by Crippen LogP contribution is -2.19. The molecule has 6 heteroatoms. The van der Waals surface area contributed by atoms with Crippen molar-refractivity contribution < 1.29 is 14.3 Å². The average molecular weight is 368 g/mol. The van der Waals surface area contributed by atoms with Gasteiger partial charge in [-0.2, -0.15) is 0 Å². The van der Waals surface area contributed by atoms with Crippen molar-refractivity contribution >= 4 is 35.0 Å². The van der Waals surface area contributed by atoms with Gasteiger partial charge in [-0.05, 0) is 49.7 Å². The molecule has 0 fully saturated rings. The summed E-state index contributed by atoms with van der Waals surface area (Å²) in [6, 6.07) is 12.6. The monoisotopic (exact) mass is 368 g/mol. The summed E-state index contributed by atoms with van der Waals surface area (Å²) in [7, 11) is 0. The summed E-state index contributed by atoms with van der Waals surface area (Å²) in [5.41, 5.74) is 4.08. The summed E-state index contributed by atoms with van der Waals surface area (Å²) in [6.07, 6.45) is 0. The summed E-state index contributed by atoms with van der Waals surface area (Å²) in [6.45, 7) is 4.50. The first kappa shape index (κ1) is 18.1. The molecule has 2 amide bonds. The minimum Gasteiger partial charge on any atom is -0.487 e. The van der Waals surface area contributed by atoms with Crippen LogP contribution in [0.4, 0.5) is 11.4 Å². The fourth-order valence-electron chi connectivity index (χ4n) is 2.53. The molecule has 2 N–H and O–H groups in total. The third-order valence-corrected chi connectivity index (χ3v) is 4.69. The van der Waals surface area contributed by atoms with E-state index >= 15 is 0 Å². The lowest BCUT2D eigenvalue weighted by molar-refractivity contribution is -0.116. The largest absolute Gasteiger partial charge is 0.487 e. The van der Waals surface area contributed by atoms with Crippen LogP contribution in [0.3, 0.4) is 0 Å². The average Bonchev–Trinajstić information content (AvgIpc) is 2.65. The number of anilines is 2. The lowest BCUT2D eigenvalue weighted by atomic mass is 10.1. The van der Waals surface area contributed by atoms with E-state index < -0.39 is 0 Å². The molecule has 134 valence electrons. The van der Waals surface area contributed by atoms with Gasteiger partial charge in [-0.3, -0.25) is 9.59 Å². The number of carbonyl (C=O) groups excluding carboxylic acids is 2. The van der Waals surface area contributed by atoms with Gasteiger partial charge in [0.2, 0.25) is 0 Å². The van der Waals surface area contributed by atoms with Crippen LogP contribution < -0.4 is 10.6 Å². The summed E-state index contributed by atoms with van der Waals surface area (Å²) in [5.74, 6) is 0.688. The zero-order valence-electron chi connectivity index (χ0n) is 14.7. The first-order chi connectivity index (χ1) is 12.5. The van der Waals surface area contributed by atoms with E-state index in [0.29, 0.717) is 23.6 Å². The van der Waals surface area contributed by atoms with E-state index in [1.807, 2.05) is 32.0 Å². The van der Waals surface area contributed by atoms with Gasteiger partial charge in [0.25, 0.3) is 11.8 Å². The Morgan fingerprint density at radius 1 is 1.00 bits per heavy atom. The van der Waals surface area contributed by atoms with Crippen LogP contribution in [0.5, 0.6) is 0 Å². The maximum Gasteiger partial charge on any atom is 0.291 e. The number of hydrogen-bond donors (Lipinski definition) is 2. The Bertz CT molecular complexity index is 860. The highest BCUT2D eigenvalue weighted by Crippen LogP contribution is 2.19. The Morgan fingerprint density at radius 3 is 2.42 bits per heavy atom. The molecule has 0 unspecified atom stereocenters. The molecule has 5 nitrogen and oxygen atoms in total. The van der Waals surface area contributed by atoms with Gasteiger partial charge in [0.05, 0.1) is 6.61 Å². The van der Waals surface area contributed by atoms with Gasteiger partial charge >= 0.3 is 0 Å². The highest BCUT2D eigenvalue weighted by Gasteiger charge is 2.15. The maximum atomic E-state index is 12.4. The number of ether oxygens (including phenoxy) is 1. The van der Waals surface area contributed by atoms with Gasteiger partial charge < -0.3 is 15.4 Å². The smallest absolute Gasteiger partial charge is 0.291 e. The molecule has 2 aromatic rings. The van der Waals surface area contributed by atoms with E-state index in [0.717, 1.165) is 22.6 Å². The number of amides is 2. The predicted octanol–water partition coefficient (Wildman–Crippen LogP) is 4.10. The molecule has 0 saturated carbocycles. The quantitative estimate of drug-likeness (QED) is 0.853. The highest BCUT2D eigenvalue weighted by molar-refractivity contribution is 8.02. The van der Waals surface area contributed by atoms with Crippen molar-refractivity contribution in [3.05, 3.63) is 70.3 Å². The molecule has 1 aliphatic rings. The van der Waals surface area contributed by atoms with Crippen molar-refractivity contribution in [2.24, 2.45) is 0 Å². The zero-order chi connectivity index (χ0) is 18.5. The van der Waals surface area contributed by atoms with Crippen molar-refractivity contribution in [3.8, 4) is 0 Å². The molecule has 0 atom stereocenters. The number of thioether (sulfide) groups is 1. The maximum absolute atomic E-state index is 12.4. The van der Waals surface area contributed by atoms with Gasteiger partial charge in [-0.15, -0.1) is 11.8 Å². The third-order valence-electron chi connectivity index (χ3n) is 3.91. The van der Waals surface area contributed by atoms with Crippen LogP contribution in [-0.2, 0) is 9.53 Å². The normalized spacial score (nSPS) is 13.4. The standard InChI is InChI=1S/C20H20N2O3S/c1-13-3-8-17(14(2)11-13)22-19(23)15-4-6-16(7-5-15)21-20(24)18-12-26-10-9-25-18/h3-8,11-12H,9-10H2,1-2H3,(H,21,24)(H,22,23). The molecule has 26 heavy (non-hydrogen) atoms. The predicted molar refractivity (Wildman–Crippen MR) is 105 cm³/mol. The van der Waals surface area contributed by atoms with Crippen LogP contribution in [0.1, 0.15) is 21.5 Å². The van der Waals surface area contributed by atoms with Gasteiger partial charge in [-0.25, -0.2) is 0 Å². The minimum atomic E-state index is -0.287. The second kappa shape index (κ2) is 8.10. The lowest BCUT2D eigenvalue weighted by Gasteiger charge is -2.14. The molecule has 2 aromatic carbocycles. The second-order valence-corrected chi connectivity index (χ2v) is 6.98. The van der Waals surface area contributed by atoms with Gasteiger partial charge in [0.1, 0.15) is 0 Å². The Balaban J connectivity index is 1.64. The number of carbonyl (C=O) groups is 2. The second-order valence-electron chi connectivity index (χ2n) is 6.01. The number of nitrogens with one attached hydrogen (secondary N) is 2. The van der Waals surface area contributed by atoms with Crippen LogP contribution in [0.25, 0.3) is 0 Å². The Morgan fingerprint density at radius 2 is 1.77 bits per heavy atom. The van der Waals surface area contributed by atoms with Crippen LogP contribution in [0.2, 0.25) is 0 Å². The van der Waals surface area contributed by atoms with E-state index in [9.17, 15) is 9.59 Å². The summed E-state index contributed by atoms with van der Waals surface area (Å²) in [5, 5.41) is 7.39. The first-order valence-corrected chi connectivity index (χ1v) is 9.32. The van der Waals surface area contributed by atoms with Crippen LogP contribution in [0, 0.1) is 13.8 Å². The van der Waals surface area contributed by atoms with Crippen molar-refractivity contribution in [1.82, 2.24) is 0 Å². The molecule has 0 spiro atoms. The van der Waals surface area contributed by atoms with E-state index in [2.05, 4.69) is 10.6 Å². The summed E-state index contributed by atoms with van der Waals surface area (Å²) in [4.78, 5) is 24.5. The highest BCUT2D eigenvalue weighted by atomic mass is 32.2. The van der Waals surface area contributed by atoms with Crippen molar-refractivity contribution in [2.75, 3.05) is 23.0 Å². The van der Waals surface area contributed by atoms with Crippen molar-refractivity contribution in [3.63, 3.8) is 0 Å². The molecule has 0 aliphatic carbocycles. The van der Waals surface area contributed by atoms with E-state index in [4.69, 9.17) is 4.74 Å². The SMILES string of the molecule is Cc1ccc(NC(=O)c2ccc(NC(=O)C3=CSCCO3)cc2)c(C)c1. The molecule has 0 aromatic heterocycles. The fourth-order valence-corrected chi connectivity index (χ4v) is 3.16. The van der Waals surface area contributed by atoms with Gasteiger partial charge in [0.15, 0.2) is 5.76 Å². The third kappa shape index (κ3) is 4.46. The molecule has 0 saturated heterocycles. The van der Waals surface area contributed by atoms with Gasteiger partial charge in [-0.1, -0.05) is 17.7 Å². The molecule has 1 heterocycles. The Labute approximate surface area is 156 Å². The van der Waals surface area contributed by atoms with Crippen LogP contribution in [0.15, 0.2) is 53.6 Å². The molecule has 1 aliphatic heterocycles. The topological polar surface area (TPSA) is 67.4 Å². The number of aryl methyl sites for hydroxylation is 2. The number of rotatable bonds is 4. The zero-order valence-corrected chi connectivity index (χ0v) is 15.5.